The Morgan fingerprint density at radius 1 is 1.00 bits per heavy atom. The molecule has 0 aliphatic carbocycles. The molecule has 0 unspecified atom stereocenters. The number of ether oxygens (including phenoxy) is 2. The predicted octanol–water partition coefficient (Wildman–Crippen LogP) is 2.22. The summed E-state index contributed by atoms with van der Waals surface area (Å²) in [5.41, 5.74) is 1.01. The van der Waals surface area contributed by atoms with Crippen LogP contribution in [0.5, 0.6) is 5.75 Å². The average molecular weight is 313 g/mol. The molecule has 6 nitrogen and oxygen atoms in total. The van der Waals surface area contributed by atoms with Crippen LogP contribution >= 0.6 is 0 Å². The molecule has 1 aromatic heterocycles. The van der Waals surface area contributed by atoms with Gasteiger partial charge in [0.25, 0.3) is 0 Å². The molecule has 118 valence electrons. The van der Waals surface area contributed by atoms with Crippen molar-refractivity contribution in [3.05, 3.63) is 65.1 Å². The molecule has 1 heterocycles. The zero-order valence-electron chi connectivity index (χ0n) is 12.3. The van der Waals surface area contributed by atoms with E-state index in [2.05, 4.69) is 0 Å². The zero-order valence-corrected chi connectivity index (χ0v) is 12.3. The molecule has 3 rings (SSSR count). The monoisotopic (exact) mass is 313 g/mol. The van der Waals surface area contributed by atoms with Gasteiger partial charge in [-0.25, -0.2) is 4.79 Å². The van der Waals surface area contributed by atoms with E-state index in [0.29, 0.717) is 16.8 Å². The Morgan fingerprint density at radius 3 is 2.57 bits per heavy atom. The highest BCUT2D eigenvalue weighted by Crippen LogP contribution is 2.11. The SMILES string of the molecule is O=C(Cn1c(=O)oc2ccccc21)OCCOc1ccccc1. The van der Waals surface area contributed by atoms with E-state index in [9.17, 15) is 9.59 Å². The third-order valence-electron chi connectivity index (χ3n) is 3.22. The maximum absolute atomic E-state index is 11.8. The summed E-state index contributed by atoms with van der Waals surface area (Å²) in [6, 6.07) is 16.2. The Labute approximate surface area is 131 Å². The lowest BCUT2D eigenvalue weighted by Crippen LogP contribution is -2.23. The first kappa shape index (κ1) is 14.9. The summed E-state index contributed by atoms with van der Waals surface area (Å²) in [6.07, 6.45) is 0. The number of esters is 1. The topological polar surface area (TPSA) is 70.7 Å². The smallest absolute Gasteiger partial charge is 0.420 e. The van der Waals surface area contributed by atoms with Crippen LogP contribution in [-0.2, 0) is 16.1 Å². The van der Waals surface area contributed by atoms with Gasteiger partial charge < -0.3 is 13.9 Å². The van der Waals surface area contributed by atoms with Gasteiger partial charge in [0.2, 0.25) is 0 Å². The average Bonchev–Trinajstić information content (AvgIpc) is 2.88. The molecule has 3 aromatic rings. The van der Waals surface area contributed by atoms with Crippen molar-refractivity contribution in [1.29, 1.82) is 0 Å². The number of rotatable bonds is 6. The fraction of sp³-hybridized carbons (Fsp3) is 0.176. The molecule has 2 aromatic carbocycles. The van der Waals surface area contributed by atoms with Crippen LogP contribution in [0.3, 0.4) is 0 Å². The molecule has 0 bridgehead atoms. The molecule has 0 spiro atoms. The highest BCUT2D eigenvalue weighted by Gasteiger charge is 2.13. The summed E-state index contributed by atoms with van der Waals surface area (Å²) < 4.78 is 16.8. The molecule has 0 amide bonds. The van der Waals surface area contributed by atoms with Crippen LogP contribution in [0, 0.1) is 0 Å². The Hall–Kier alpha value is -3.02. The number of nitrogens with zero attached hydrogens (tertiary/aromatic N) is 1. The van der Waals surface area contributed by atoms with Gasteiger partial charge in [-0.3, -0.25) is 9.36 Å². The molecule has 0 atom stereocenters. The Bertz CT molecular complexity index is 850. The fourth-order valence-electron chi connectivity index (χ4n) is 2.17. The molecule has 0 saturated carbocycles. The number of para-hydroxylation sites is 3. The highest BCUT2D eigenvalue weighted by molar-refractivity contribution is 5.76. The van der Waals surface area contributed by atoms with Crippen LogP contribution in [0.4, 0.5) is 0 Å². The number of aromatic nitrogens is 1. The van der Waals surface area contributed by atoms with Crippen molar-refractivity contribution in [3.63, 3.8) is 0 Å². The van der Waals surface area contributed by atoms with E-state index in [1.807, 2.05) is 30.3 Å². The number of oxazole rings is 1. The van der Waals surface area contributed by atoms with Crippen molar-refractivity contribution >= 4 is 17.1 Å². The number of hydrogen-bond acceptors (Lipinski definition) is 5. The summed E-state index contributed by atoms with van der Waals surface area (Å²) >= 11 is 0. The van der Waals surface area contributed by atoms with Gasteiger partial charge >= 0.3 is 11.7 Å². The highest BCUT2D eigenvalue weighted by atomic mass is 16.6. The van der Waals surface area contributed by atoms with Gasteiger partial charge in [-0.1, -0.05) is 30.3 Å². The van der Waals surface area contributed by atoms with E-state index in [4.69, 9.17) is 13.9 Å². The van der Waals surface area contributed by atoms with Crippen molar-refractivity contribution < 1.29 is 18.7 Å². The molecule has 0 radical (unpaired) electrons. The number of hydrogen-bond donors (Lipinski definition) is 0. The van der Waals surface area contributed by atoms with Gasteiger partial charge in [-0.15, -0.1) is 0 Å². The Morgan fingerprint density at radius 2 is 1.74 bits per heavy atom. The number of fused-ring (bicyclic) bond motifs is 1. The van der Waals surface area contributed by atoms with E-state index < -0.39 is 11.7 Å². The van der Waals surface area contributed by atoms with Crippen molar-refractivity contribution in [1.82, 2.24) is 4.57 Å². The van der Waals surface area contributed by atoms with Crippen LogP contribution in [0.2, 0.25) is 0 Å². The second-order valence-corrected chi connectivity index (χ2v) is 4.80. The van der Waals surface area contributed by atoms with Crippen molar-refractivity contribution in [2.24, 2.45) is 0 Å². The van der Waals surface area contributed by atoms with Gasteiger partial charge in [-0.2, -0.15) is 0 Å². The first-order chi connectivity index (χ1) is 11.2. The lowest BCUT2D eigenvalue weighted by Gasteiger charge is -2.07. The van der Waals surface area contributed by atoms with E-state index in [-0.39, 0.29) is 19.8 Å². The lowest BCUT2D eigenvalue weighted by molar-refractivity contribution is -0.145. The van der Waals surface area contributed by atoms with E-state index in [0.717, 1.165) is 0 Å². The molecular formula is C17H15NO5. The maximum atomic E-state index is 11.8. The minimum atomic E-state index is -0.580. The van der Waals surface area contributed by atoms with Gasteiger partial charge in [0.05, 0.1) is 5.52 Å². The second-order valence-electron chi connectivity index (χ2n) is 4.80. The molecule has 0 aliphatic rings. The first-order valence-corrected chi connectivity index (χ1v) is 7.16. The lowest BCUT2D eigenvalue weighted by atomic mass is 10.3. The third-order valence-corrected chi connectivity index (χ3v) is 3.22. The van der Waals surface area contributed by atoms with E-state index in [1.165, 1.54) is 4.57 Å². The standard InChI is InChI=1S/C17H15NO5/c19-16(22-11-10-21-13-6-2-1-3-7-13)12-18-14-8-4-5-9-15(14)23-17(18)20/h1-9H,10-12H2. The normalized spacial score (nSPS) is 10.6. The quantitative estimate of drug-likeness (QED) is 0.515. The van der Waals surface area contributed by atoms with Crippen LogP contribution in [-0.4, -0.2) is 23.8 Å². The Balaban J connectivity index is 1.53. The molecular weight excluding hydrogens is 298 g/mol. The molecule has 0 saturated heterocycles. The molecule has 0 N–H and O–H groups in total. The van der Waals surface area contributed by atoms with E-state index >= 15 is 0 Å². The number of benzene rings is 2. The summed E-state index contributed by atoms with van der Waals surface area (Å²) in [4.78, 5) is 23.6. The molecule has 6 heteroatoms. The first-order valence-electron chi connectivity index (χ1n) is 7.16. The van der Waals surface area contributed by atoms with Crippen molar-refractivity contribution in [2.75, 3.05) is 13.2 Å². The predicted molar refractivity (Wildman–Crippen MR) is 83.4 cm³/mol. The third kappa shape index (κ3) is 3.60. The summed E-state index contributed by atoms with van der Waals surface area (Å²) in [5, 5.41) is 0. The van der Waals surface area contributed by atoms with Gasteiger partial charge in [0, 0.05) is 0 Å². The minimum absolute atomic E-state index is 0.109. The van der Waals surface area contributed by atoms with Crippen LogP contribution < -0.4 is 10.5 Å². The van der Waals surface area contributed by atoms with Crippen LogP contribution in [0.25, 0.3) is 11.1 Å². The number of carbonyl (C=O) groups excluding carboxylic acids is 1. The van der Waals surface area contributed by atoms with Crippen LogP contribution in [0.1, 0.15) is 0 Å². The molecule has 23 heavy (non-hydrogen) atoms. The van der Waals surface area contributed by atoms with E-state index in [1.54, 1.807) is 24.3 Å². The van der Waals surface area contributed by atoms with Crippen LogP contribution in [0.15, 0.2) is 63.8 Å². The second kappa shape index (κ2) is 6.83. The van der Waals surface area contributed by atoms with Crippen molar-refractivity contribution in [3.8, 4) is 5.75 Å². The van der Waals surface area contributed by atoms with Gasteiger partial charge in [-0.05, 0) is 24.3 Å². The Kier molecular flexibility index (Phi) is 4.42. The van der Waals surface area contributed by atoms with Crippen molar-refractivity contribution in [2.45, 2.75) is 6.54 Å². The van der Waals surface area contributed by atoms with Gasteiger partial charge in [0.15, 0.2) is 5.58 Å². The summed E-state index contributed by atoms with van der Waals surface area (Å²) in [5.74, 6) is -0.389. The minimum Gasteiger partial charge on any atom is -0.490 e. The summed E-state index contributed by atoms with van der Waals surface area (Å²) in [7, 11) is 0. The molecule has 0 aliphatic heterocycles. The maximum Gasteiger partial charge on any atom is 0.420 e. The fourth-order valence-corrected chi connectivity index (χ4v) is 2.17. The largest absolute Gasteiger partial charge is 0.490 e. The van der Waals surface area contributed by atoms with Gasteiger partial charge in [0.1, 0.15) is 25.5 Å². The zero-order chi connectivity index (χ0) is 16.1. The number of carbonyl (C=O) groups is 1. The summed E-state index contributed by atoms with van der Waals surface area (Å²) in [6.45, 7) is 0.163. The molecule has 0 fully saturated rings.